The minimum atomic E-state index is 0.109. The van der Waals surface area contributed by atoms with Gasteiger partial charge in [0.05, 0.1) is 18.2 Å². The molecule has 0 N–H and O–H groups in total. The van der Waals surface area contributed by atoms with Crippen molar-refractivity contribution in [2.45, 2.75) is 32.6 Å². The normalized spacial score (nSPS) is 16.9. The van der Waals surface area contributed by atoms with Gasteiger partial charge < -0.3 is 4.90 Å². The van der Waals surface area contributed by atoms with Crippen LogP contribution in [0.5, 0.6) is 0 Å². The zero-order valence-electron chi connectivity index (χ0n) is 17.0. The van der Waals surface area contributed by atoms with E-state index in [-0.39, 0.29) is 5.91 Å². The van der Waals surface area contributed by atoms with E-state index in [1.54, 1.807) is 0 Å². The van der Waals surface area contributed by atoms with E-state index in [0.717, 1.165) is 49.2 Å². The van der Waals surface area contributed by atoms with Crippen LogP contribution in [0.4, 0.5) is 0 Å². The van der Waals surface area contributed by atoms with Crippen molar-refractivity contribution in [2.24, 2.45) is 4.99 Å². The first-order valence-corrected chi connectivity index (χ1v) is 10.2. The van der Waals surface area contributed by atoms with Gasteiger partial charge in [0.1, 0.15) is 0 Å². The Bertz CT molecular complexity index is 1030. The Morgan fingerprint density at radius 3 is 2.45 bits per heavy atom. The first-order valence-electron chi connectivity index (χ1n) is 10.2. The zero-order valence-corrected chi connectivity index (χ0v) is 17.0. The van der Waals surface area contributed by atoms with Gasteiger partial charge in [-0.05, 0) is 79.1 Å². The van der Waals surface area contributed by atoms with Crippen LogP contribution >= 0.6 is 0 Å². The molecule has 4 nitrogen and oxygen atoms in total. The highest BCUT2D eigenvalue weighted by molar-refractivity contribution is 6.14. The van der Waals surface area contributed by atoms with Crippen molar-refractivity contribution >= 4 is 17.7 Å². The maximum Gasteiger partial charge on any atom is 0.253 e. The largest absolute Gasteiger partial charge is 0.339 e. The lowest BCUT2D eigenvalue weighted by Gasteiger charge is -2.32. The number of likely N-dealkylation sites (tertiary alicyclic amines) is 1. The van der Waals surface area contributed by atoms with Crippen molar-refractivity contribution in [1.82, 2.24) is 4.90 Å². The molecular formula is C25H25N3O. The highest BCUT2D eigenvalue weighted by Crippen LogP contribution is 2.30. The second-order valence-corrected chi connectivity index (χ2v) is 7.99. The lowest BCUT2D eigenvalue weighted by atomic mass is 9.88. The first kappa shape index (κ1) is 19.1. The number of rotatable bonds is 3. The number of nitrogens with zero attached hydrogens (tertiary/aromatic N) is 3. The van der Waals surface area contributed by atoms with Gasteiger partial charge in [0.25, 0.3) is 5.91 Å². The highest BCUT2D eigenvalue weighted by Gasteiger charge is 2.25. The van der Waals surface area contributed by atoms with E-state index >= 15 is 0 Å². The number of allylic oxidation sites excluding steroid dienone is 1. The van der Waals surface area contributed by atoms with Crippen molar-refractivity contribution in [3.05, 3.63) is 75.9 Å². The van der Waals surface area contributed by atoms with E-state index in [1.165, 1.54) is 16.7 Å². The molecule has 29 heavy (non-hydrogen) atoms. The molecule has 0 saturated carbocycles. The summed E-state index contributed by atoms with van der Waals surface area (Å²) in [4.78, 5) is 19.5. The quantitative estimate of drug-likeness (QED) is 0.768. The molecule has 2 aliphatic heterocycles. The second-order valence-electron chi connectivity index (χ2n) is 7.99. The summed E-state index contributed by atoms with van der Waals surface area (Å²) in [5, 5.41) is 8.96. The standard InChI is InChI=1S/C25H25N3O/c1-17-3-6-22(13-23(17)24-16-27-15-18(24)2)25(29)28-11-9-21(10-12-28)20-7-4-19(14-26)5-8-20/h3-8,13,16,21H,9-12,15H2,1-2H3. The molecule has 0 radical (unpaired) electrons. The molecule has 2 aliphatic rings. The third-order valence-corrected chi connectivity index (χ3v) is 6.08. The molecule has 1 fully saturated rings. The molecule has 1 amide bonds. The van der Waals surface area contributed by atoms with Crippen molar-refractivity contribution in [3.63, 3.8) is 0 Å². The number of piperidine rings is 1. The number of hydrogen-bond acceptors (Lipinski definition) is 3. The molecule has 4 rings (SSSR count). The van der Waals surface area contributed by atoms with E-state index in [0.29, 0.717) is 11.5 Å². The van der Waals surface area contributed by atoms with E-state index < -0.39 is 0 Å². The SMILES string of the molecule is CC1=C(c2cc(C(=O)N3CCC(c4ccc(C#N)cc4)CC3)ccc2C)C=NC1. The van der Waals surface area contributed by atoms with Crippen LogP contribution in [0.15, 0.2) is 53.0 Å². The summed E-state index contributed by atoms with van der Waals surface area (Å²) in [5.41, 5.74) is 7.39. The summed E-state index contributed by atoms with van der Waals surface area (Å²) in [6.45, 7) is 6.45. The summed E-state index contributed by atoms with van der Waals surface area (Å²) in [6.07, 6.45) is 3.83. The Morgan fingerprint density at radius 2 is 1.83 bits per heavy atom. The molecular weight excluding hydrogens is 358 g/mol. The van der Waals surface area contributed by atoms with Crippen LogP contribution in [-0.2, 0) is 0 Å². The lowest BCUT2D eigenvalue weighted by molar-refractivity contribution is 0.0713. The van der Waals surface area contributed by atoms with Gasteiger partial charge in [-0.1, -0.05) is 18.2 Å². The fourth-order valence-electron chi connectivity index (χ4n) is 4.24. The number of aryl methyl sites for hydroxylation is 1. The van der Waals surface area contributed by atoms with Crippen LogP contribution in [0.2, 0.25) is 0 Å². The summed E-state index contributed by atoms with van der Waals surface area (Å²) in [6, 6.07) is 16.0. The number of amides is 1. The molecule has 4 heteroatoms. The minimum absolute atomic E-state index is 0.109. The molecule has 2 aromatic rings. The number of nitriles is 1. The van der Waals surface area contributed by atoms with Crippen molar-refractivity contribution in [2.75, 3.05) is 19.6 Å². The fraction of sp³-hybridized carbons (Fsp3) is 0.320. The second kappa shape index (κ2) is 8.05. The van der Waals surface area contributed by atoms with Crippen molar-refractivity contribution in [3.8, 4) is 6.07 Å². The Hall–Kier alpha value is -3.19. The third-order valence-electron chi connectivity index (χ3n) is 6.08. The monoisotopic (exact) mass is 383 g/mol. The molecule has 146 valence electrons. The lowest BCUT2D eigenvalue weighted by Crippen LogP contribution is -2.38. The number of aliphatic imine (C=N–C) groups is 1. The van der Waals surface area contributed by atoms with Gasteiger partial charge in [-0.25, -0.2) is 0 Å². The predicted molar refractivity (Wildman–Crippen MR) is 116 cm³/mol. The molecule has 0 aliphatic carbocycles. The smallest absolute Gasteiger partial charge is 0.253 e. The average Bonchev–Trinajstić information content (AvgIpc) is 3.19. The average molecular weight is 383 g/mol. The number of carbonyl (C=O) groups excluding carboxylic acids is 1. The zero-order chi connectivity index (χ0) is 20.4. The van der Waals surface area contributed by atoms with Crippen LogP contribution in [0.1, 0.15) is 58.3 Å². The fourth-order valence-corrected chi connectivity index (χ4v) is 4.24. The first-order chi connectivity index (χ1) is 14.1. The van der Waals surface area contributed by atoms with Gasteiger partial charge in [-0.15, -0.1) is 0 Å². The van der Waals surface area contributed by atoms with Crippen LogP contribution in [0, 0.1) is 18.3 Å². The topological polar surface area (TPSA) is 56.5 Å². The van der Waals surface area contributed by atoms with Crippen LogP contribution < -0.4 is 0 Å². The summed E-state index contributed by atoms with van der Waals surface area (Å²) < 4.78 is 0. The molecule has 2 aromatic carbocycles. The van der Waals surface area contributed by atoms with E-state index in [9.17, 15) is 4.79 Å². The number of carbonyl (C=O) groups is 1. The van der Waals surface area contributed by atoms with Crippen LogP contribution in [0.3, 0.4) is 0 Å². The highest BCUT2D eigenvalue weighted by atomic mass is 16.2. The van der Waals surface area contributed by atoms with Crippen molar-refractivity contribution in [1.29, 1.82) is 5.26 Å². The van der Waals surface area contributed by atoms with Gasteiger partial charge in [-0.2, -0.15) is 5.26 Å². The van der Waals surface area contributed by atoms with Gasteiger partial charge in [0.15, 0.2) is 0 Å². The molecule has 1 saturated heterocycles. The van der Waals surface area contributed by atoms with E-state index in [4.69, 9.17) is 5.26 Å². The predicted octanol–water partition coefficient (Wildman–Crippen LogP) is 4.74. The molecule has 0 atom stereocenters. The molecule has 0 aromatic heterocycles. The number of hydrogen-bond donors (Lipinski definition) is 0. The van der Waals surface area contributed by atoms with Crippen LogP contribution in [0.25, 0.3) is 5.57 Å². The summed E-state index contributed by atoms with van der Waals surface area (Å²) in [7, 11) is 0. The Labute approximate surface area is 172 Å². The van der Waals surface area contributed by atoms with Gasteiger partial charge in [0, 0.05) is 30.4 Å². The third kappa shape index (κ3) is 3.86. The molecule has 0 bridgehead atoms. The minimum Gasteiger partial charge on any atom is -0.339 e. The van der Waals surface area contributed by atoms with E-state index in [1.807, 2.05) is 53.6 Å². The van der Waals surface area contributed by atoms with Gasteiger partial charge in [0.2, 0.25) is 0 Å². The Balaban J connectivity index is 1.46. The maximum absolute atomic E-state index is 13.1. The summed E-state index contributed by atoms with van der Waals surface area (Å²) >= 11 is 0. The number of benzene rings is 2. The van der Waals surface area contributed by atoms with E-state index in [2.05, 4.69) is 24.9 Å². The molecule has 0 spiro atoms. The van der Waals surface area contributed by atoms with Gasteiger partial charge in [-0.3, -0.25) is 9.79 Å². The molecule has 2 heterocycles. The maximum atomic E-state index is 13.1. The van der Waals surface area contributed by atoms with Crippen LogP contribution in [-0.4, -0.2) is 36.7 Å². The van der Waals surface area contributed by atoms with Gasteiger partial charge >= 0.3 is 0 Å². The molecule has 0 unspecified atom stereocenters. The Morgan fingerprint density at radius 1 is 1.10 bits per heavy atom. The summed E-state index contributed by atoms with van der Waals surface area (Å²) in [5.74, 6) is 0.556. The Kier molecular flexibility index (Phi) is 5.31. The van der Waals surface area contributed by atoms with Crippen molar-refractivity contribution < 1.29 is 4.79 Å².